The number of pyridine rings is 1. The smallest absolute Gasteiger partial charge is 0.276 e. The van der Waals surface area contributed by atoms with E-state index in [-0.39, 0.29) is 11.5 Å². The Morgan fingerprint density at radius 1 is 1.21 bits per heavy atom. The molecule has 0 atom stereocenters. The summed E-state index contributed by atoms with van der Waals surface area (Å²) in [4.78, 5) is 27.2. The number of amides is 1. The van der Waals surface area contributed by atoms with Gasteiger partial charge in [0.05, 0.1) is 5.69 Å². The van der Waals surface area contributed by atoms with Crippen molar-refractivity contribution in [1.82, 2.24) is 4.98 Å². The van der Waals surface area contributed by atoms with Crippen LogP contribution in [0.25, 0.3) is 0 Å². The number of hydrogen-bond donors (Lipinski definition) is 2. The third-order valence-corrected chi connectivity index (χ3v) is 2.58. The summed E-state index contributed by atoms with van der Waals surface area (Å²) in [6.07, 6.45) is 1.50. The van der Waals surface area contributed by atoms with Crippen LogP contribution in [0.5, 0.6) is 0 Å². The first kappa shape index (κ1) is 12.8. The summed E-state index contributed by atoms with van der Waals surface area (Å²) in [7, 11) is 0. The van der Waals surface area contributed by atoms with Crippen LogP contribution in [0.4, 0.5) is 11.4 Å². The summed E-state index contributed by atoms with van der Waals surface area (Å²) in [5.74, 6) is -0.466. The molecule has 0 saturated heterocycles. The third-order valence-electron chi connectivity index (χ3n) is 2.58. The zero-order chi connectivity index (χ0) is 13.8. The van der Waals surface area contributed by atoms with Gasteiger partial charge in [-0.05, 0) is 31.2 Å². The van der Waals surface area contributed by atoms with Gasteiger partial charge in [0.2, 0.25) is 0 Å². The van der Waals surface area contributed by atoms with E-state index in [1.54, 1.807) is 36.4 Å². The maximum absolute atomic E-state index is 12.0. The molecule has 5 heteroatoms. The number of carbonyl (C=O) groups is 2. The Bertz CT molecular complexity index is 638. The Morgan fingerprint density at radius 2 is 2.00 bits per heavy atom. The maximum atomic E-state index is 12.0. The molecule has 0 aliphatic carbocycles. The number of ketones is 1. The Morgan fingerprint density at radius 3 is 2.68 bits per heavy atom. The molecule has 0 fully saturated rings. The predicted molar refractivity (Wildman–Crippen MR) is 73.0 cm³/mol. The SMILES string of the molecule is CC(=O)c1cccc(NC(=O)c2ncccc2N)c1. The minimum Gasteiger partial charge on any atom is -0.397 e. The largest absolute Gasteiger partial charge is 0.397 e. The van der Waals surface area contributed by atoms with Crippen molar-refractivity contribution < 1.29 is 9.59 Å². The van der Waals surface area contributed by atoms with E-state index in [1.165, 1.54) is 13.1 Å². The third kappa shape index (κ3) is 2.95. The zero-order valence-corrected chi connectivity index (χ0v) is 10.4. The summed E-state index contributed by atoms with van der Waals surface area (Å²) < 4.78 is 0. The number of benzene rings is 1. The molecule has 0 bridgehead atoms. The van der Waals surface area contributed by atoms with E-state index < -0.39 is 5.91 Å². The zero-order valence-electron chi connectivity index (χ0n) is 10.4. The predicted octanol–water partition coefficient (Wildman–Crippen LogP) is 2.12. The molecule has 19 heavy (non-hydrogen) atoms. The van der Waals surface area contributed by atoms with Crippen molar-refractivity contribution >= 4 is 23.1 Å². The molecule has 1 aromatic carbocycles. The fourth-order valence-electron chi connectivity index (χ4n) is 1.61. The lowest BCUT2D eigenvalue weighted by Gasteiger charge is -2.07. The second-order valence-electron chi connectivity index (χ2n) is 4.03. The van der Waals surface area contributed by atoms with Crippen molar-refractivity contribution in [2.75, 3.05) is 11.1 Å². The van der Waals surface area contributed by atoms with Crippen LogP contribution < -0.4 is 11.1 Å². The summed E-state index contributed by atoms with van der Waals surface area (Å²) in [5.41, 5.74) is 7.21. The van der Waals surface area contributed by atoms with Gasteiger partial charge in [-0.1, -0.05) is 12.1 Å². The van der Waals surface area contributed by atoms with Gasteiger partial charge in [-0.25, -0.2) is 4.98 Å². The fraction of sp³-hybridized carbons (Fsp3) is 0.0714. The van der Waals surface area contributed by atoms with Gasteiger partial charge in [-0.2, -0.15) is 0 Å². The molecule has 1 aromatic heterocycles. The molecule has 0 radical (unpaired) electrons. The highest BCUT2D eigenvalue weighted by molar-refractivity contribution is 6.06. The number of carbonyl (C=O) groups excluding carboxylic acids is 2. The van der Waals surface area contributed by atoms with Gasteiger partial charge in [-0.15, -0.1) is 0 Å². The van der Waals surface area contributed by atoms with Gasteiger partial charge in [0.15, 0.2) is 11.5 Å². The van der Waals surface area contributed by atoms with Crippen LogP contribution in [0.2, 0.25) is 0 Å². The number of Topliss-reactive ketones (excluding diaryl/α,β-unsaturated/α-hetero) is 1. The first-order valence-electron chi connectivity index (χ1n) is 5.71. The standard InChI is InChI=1S/C14H13N3O2/c1-9(18)10-4-2-5-11(8-10)17-14(19)13-12(15)6-3-7-16-13/h2-8H,15H2,1H3,(H,17,19). The molecular weight excluding hydrogens is 242 g/mol. The van der Waals surface area contributed by atoms with E-state index in [1.807, 2.05) is 0 Å². The Balaban J connectivity index is 2.22. The lowest BCUT2D eigenvalue weighted by molar-refractivity contribution is 0.100. The molecule has 2 rings (SSSR count). The van der Waals surface area contributed by atoms with Crippen LogP contribution in [-0.4, -0.2) is 16.7 Å². The van der Waals surface area contributed by atoms with Crippen molar-refractivity contribution in [3.8, 4) is 0 Å². The molecule has 0 aliphatic heterocycles. The van der Waals surface area contributed by atoms with Crippen LogP contribution >= 0.6 is 0 Å². The topological polar surface area (TPSA) is 85.1 Å². The summed E-state index contributed by atoms with van der Waals surface area (Å²) >= 11 is 0. The molecule has 2 aromatic rings. The number of nitrogens with zero attached hydrogens (tertiary/aromatic N) is 1. The normalized spacial score (nSPS) is 9.95. The first-order chi connectivity index (χ1) is 9.08. The molecule has 0 spiro atoms. The van der Waals surface area contributed by atoms with E-state index in [0.29, 0.717) is 16.9 Å². The number of nitrogens with one attached hydrogen (secondary N) is 1. The van der Waals surface area contributed by atoms with Crippen molar-refractivity contribution in [2.24, 2.45) is 0 Å². The van der Waals surface area contributed by atoms with Crippen LogP contribution in [-0.2, 0) is 0 Å². The van der Waals surface area contributed by atoms with Gasteiger partial charge >= 0.3 is 0 Å². The number of aromatic nitrogens is 1. The molecule has 0 unspecified atom stereocenters. The van der Waals surface area contributed by atoms with E-state index >= 15 is 0 Å². The second kappa shape index (κ2) is 5.30. The Labute approximate surface area is 110 Å². The molecule has 3 N–H and O–H groups in total. The van der Waals surface area contributed by atoms with Crippen LogP contribution in [0.3, 0.4) is 0 Å². The Hall–Kier alpha value is -2.69. The highest BCUT2D eigenvalue weighted by Gasteiger charge is 2.11. The number of nitrogens with two attached hydrogens (primary N) is 1. The molecule has 1 amide bonds. The molecule has 0 saturated carbocycles. The fourth-order valence-corrected chi connectivity index (χ4v) is 1.61. The van der Waals surface area contributed by atoms with Gasteiger partial charge < -0.3 is 11.1 Å². The summed E-state index contributed by atoms with van der Waals surface area (Å²) in [6, 6.07) is 9.96. The highest BCUT2D eigenvalue weighted by Crippen LogP contribution is 2.14. The lowest BCUT2D eigenvalue weighted by atomic mass is 10.1. The van der Waals surface area contributed by atoms with E-state index in [2.05, 4.69) is 10.3 Å². The molecule has 5 nitrogen and oxygen atoms in total. The molecular formula is C14H13N3O2. The number of anilines is 2. The van der Waals surface area contributed by atoms with Crippen molar-refractivity contribution in [3.63, 3.8) is 0 Å². The number of nitrogen functional groups attached to an aromatic ring is 1. The summed E-state index contributed by atoms with van der Waals surface area (Å²) in [5, 5.41) is 2.66. The average molecular weight is 255 g/mol. The maximum Gasteiger partial charge on any atom is 0.276 e. The Kier molecular flexibility index (Phi) is 3.56. The van der Waals surface area contributed by atoms with Gasteiger partial charge in [0.1, 0.15) is 0 Å². The highest BCUT2D eigenvalue weighted by atomic mass is 16.2. The summed E-state index contributed by atoms with van der Waals surface area (Å²) in [6.45, 7) is 1.47. The van der Waals surface area contributed by atoms with E-state index in [9.17, 15) is 9.59 Å². The van der Waals surface area contributed by atoms with Crippen LogP contribution in [0, 0.1) is 0 Å². The quantitative estimate of drug-likeness (QED) is 0.822. The van der Waals surface area contributed by atoms with Gasteiger partial charge in [0, 0.05) is 17.4 Å². The lowest BCUT2D eigenvalue weighted by Crippen LogP contribution is -2.15. The van der Waals surface area contributed by atoms with Crippen LogP contribution in [0.15, 0.2) is 42.6 Å². The van der Waals surface area contributed by atoms with Crippen LogP contribution in [0.1, 0.15) is 27.8 Å². The number of hydrogen-bond acceptors (Lipinski definition) is 4. The van der Waals surface area contributed by atoms with E-state index in [0.717, 1.165) is 0 Å². The van der Waals surface area contributed by atoms with Crippen molar-refractivity contribution in [3.05, 3.63) is 53.9 Å². The molecule has 1 heterocycles. The van der Waals surface area contributed by atoms with Gasteiger partial charge in [0.25, 0.3) is 5.91 Å². The second-order valence-corrected chi connectivity index (χ2v) is 4.03. The van der Waals surface area contributed by atoms with Crippen molar-refractivity contribution in [2.45, 2.75) is 6.92 Å². The molecule has 0 aliphatic rings. The van der Waals surface area contributed by atoms with Gasteiger partial charge in [-0.3, -0.25) is 9.59 Å². The van der Waals surface area contributed by atoms with E-state index in [4.69, 9.17) is 5.73 Å². The van der Waals surface area contributed by atoms with Crippen molar-refractivity contribution in [1.29, 1.82) is 0 Å². The minimum absolute atomic E-state index is 0.0616. The number of rotatable bonds is 3. The molecule has 96 valence electrons. The monoisotopic (exact) mass is 255 g/mol. The minimum atomic E-state index is -0.404. The average Bonchev–Trinajstić information content (AvgIpc) is 2.39. The first-order valence-corrected chi connectivity index (χ1v) is 5.71.